The molecule has 0 aromatic heterocycles. The fraction of sp³-hybridized carbons (Fsp3) is 0.684. The van der Waals surface area contributed by atoms with Gasteiger partial charge in [-0.2, -0.15) is 0 Å². The third-order valence-electron chi connectivity index (χ3n) is 5.17. The first-order valence-electron chi connectivity index (χ1n) is 8.90. The normalized spacial score (nSPS) is 20.4. The van der Waals surface area contributed by atoms with Crippen molar-refractivity contribution >= 4 is 0 Å². The second-order valence-corrected chi connectivity index (χ2v) is 6.81. The lowest BCUT2D eigenvalue weighted by atomic mass is 9.89. The maximum Gasteiger partial charge on any atom is 0.0291 e. The summed E-state index contributed by atoms with van der Waals surface area (Å²) in [5, 5.41) is 3.70. The number of fused-ring (bicyclic) bond motifs is 1. The van der Waals surface area contributed by atoms with Gasteiger partial charge in [0.1, 0.15) is 0 Å². The first-order chi connectivity index (χ1) is 10.3. The van der Waals surface area contributed by atoms with Crippen LogP contribution in [0.15, 0.2) is 18.2 Å². The second-order valence-electron chi connectivity index (χ2n) is 6.81. The number of benzene rings is 1. The van der Waals surface area contributed by atoms with Crippen molar-refractivity contribution in [1.29, 1.82) is 0 Å². The average molecular weight is 286 g/mol. The Balaban J connectivity index is 1.45. The van der Waals surface area contributed by atoms with E-state index in [0.29, 0.717) is 6.04 Å². The standard InChI is InChI=1S/C19H30N2/c1-16(20-11-6-14-21-12-4-5-13-21)18-10-9-17-7-2-3-8-19(17)15-18/h9-10,15-16,20H,2-8,11-14H2,1H3. The summed E-state index contributed by atoms with van der Waals surface area (Å²) in [6.45, 7) is 7.35. The lowest BCUT2D eigenvalue weighted by Crippen LogP contribution is -2.26. The largest absolute Gasteiger partial charge is 0.310 e. The van der Waals surface area contributed by atoms with Crippen LogP contribution in [-0.2, 0) is 12.8 Å². The summed E-state index contributed by atoms with van der Waals surface area (Å²) < 4.78 is 0. The van der Waals surface area contributed by atoms with Crippen molar-refractivity contribution in [3.63, 3.8) is 0 Å². The van der Waals surface area contributed by atoms with Crippen LogP contribution in [0.2, 0.25) is 0 Å². The molecule has 1 saturated heterocycles. The average Bonchev–Trinajstić information content (AvgIpc) is 3.04. The Morgan fingerprint density at radius 3 is 2.62 bits per heavy atom. The van der Waals surface area contributed by atoms with Crippen LogP contribution in [0.3, 0.4) is 0 Å². The van der Waals surface area contributed by atoms with E-state index < -0.39 is 0 Å². The fourth-order valence-electron chi connectivity index (χ4n) is 3.77. The van der Waals surface area contributed by atoms with Crippen molar-refractivity contribution in [2.45, 2.75) is 57.9 Å². The number of rotatable bonds is 6. The van der Waals surface area contributed by atoms with Crippen molar-refractivity contribution in [2.75, 3.05) is 26.2 Å². The fourth-order valence-corrected chi connectivity index (χ4v) is 3.77. The van der Waals surface area contributed by atoms with Gasteiger partial charge in [0.25, 0.3) is 0 Å². The first-order valence-corrected chi connectivity index (χ1v) is 8.90. The Labute approximate surface area is 129 Å². The summed E-state index contributed by atoms with van der Waals surface area (Å²) in [5.74, 6) is 0. The van der Waals surface area contributed by atoms with Crippen LogP contribution in [-0.4, -0.2) is 31.1 Å². The molecule has 1 fully saturated rings. The molecule has 1 aliphatic carbocycles. The van der Waals surface area contributed by atoms with E-state index in [1.54, 1.807) is 11.1 Å². The Bertz CT molecular complexity index is 449. The van der Waals surface area contributed by atoms with Gasteiger partial charge in [-0.05, 0) is 94.7 Å². The molecule has 1 atom stereocenters. The van der Waals surface area contributed by atoms with Crippen LogP contribution in [0.25, 0.3) is 0 Å². The number of hydrogen-bond acceptors (Lipinski definition) is 2. The molecule has 2 nitrogen and oxygen atoms in total. The van der Waals surface area contributed by atoms with Crippen LogP contribution in [0, 0.1) is 0 Å². The minimum atomic E-state index is 0.482. The molecule has 2 heteroatoms. The Hall–Kier alpha value is -0.860. The van der Waals surface area contributed by atoms with Gasteiger partial charge >= 0.3 is 0 Å². The highest BCUT2D eigenvalue weighted by atomic mass is 15.1. The molecule has 0 saturated carbocycles. The number of nitrogens with one attached hydrogen (secondary N) is 1. The summed E-state index contributed by atoms with van der Waals surface area (Å²) in [5.41, 5.74) is 4.66. The van der Waals surface area contributed by atoms with Crippen LogP contribution in [0.4, 0.5) is 0 Å². The summed E-state index contributed by atoms with van der Waals surface area (Å²) in [7, 11) is 0. The van der Waals surface area contributed by atoms with Crippen LogP contribution in [0.1, 0.15) is 61.8 Å². The van der Waals surface area contributed by atoms with Gasteiger partial charge in [-0.3, -0.25) is 0 Å². The molecule has 3 rings (SSSR count). The highest BCUT2D eigenvalue weighted by Gasteiger charge is 2.13. The number of aryl methyl sites for hydroxylation is 2. The van der Waals surface area contributed by atoms with Crippen LogP contribution < -0.4 is 5.32 Å². The highest BCUT2D eigenvalue weighted by Crippen LogP contribution is 2.24. The van der Waals surface area contributed by atoms with Gasteiger partial charge in [-0.1, -0.05) is 18.2 Å². The molecule has 0 amide bonds. The smallest absolute Gasteiger partial charge is 0.0291 e. The maximum atomic E-state index is 3.70. The molecule has 1 unspecified atom stereocenters. The molecule has 21 heavy (non-hydrogen) atoms. The minimum absolute atomic E-state index is 0.482. The molecule has 0 bridgehead atoms. The van der Waals surface area contributed by atoms with Crippen molar-refractivity contribution in [2.24, 2.45) is 0 Å². The summed E-state index contributed by atoms with van der Waals surface area (Å²) in [4.78, 5) is 2.60. The van der Waals surface area contributed by atoms with Crippen molar-refractivity contribution in [3.05, 3.63) is 34.9 Å². The van der Waals surface area contributed by atoms with E-state index >= 15 is 0 Å². The zero-order chi connectivity index (χ0) is 14.5. The molecule has 1 aromatic rings. The quantitative estimate of drug-likeness (QED) is 0.802. The lowest BCUT2D eigenvalue weighted by Gasteiger charge is -2.20. The van der Waals surface area contributed by atoms with Crippen LogP contribution in [0.5, 0.6) is 0 Å². The molecule has 1 aliphatic heterocycles. The van der Waals surface area contributed by atoms with Gasteiger partial charge in [-0.15, -0.1) is 0 Å². The van der Waals surface area contributed by atoms with Gasteiger partial charge in [0.2, 0.25) is 0 Å². The van der Waals surface area contributed by atoms with E-state index in [9.17, 15) is 0 Å². The molecular weight excluding hydrogens is 256 g/mol. The van der Waals surface area contributed by atoms with E-state index in [1.807, 2.05) is 0 Å². The molecule has 0 radical (unpaired) electrons. The van der Waals surface area contributed by atoms with E-state index in [4.69, 9.17) is 0 Å². The molecule has 1 aromatic carbocycles. The third-order valence-corrected chi connectivity index (χ3v) is 5.17. The van der Waals surface area contributed by atoms with Crippen LogP contribution >= 0.6 is 0 Å². The number of likely N-dealkylation sites (tertiary alicyclic amines) is 1. The van der Waals surface area contributed by atoms with E-state index in [1.165, 1.54) is 70.1 Å². The van der Waals surface area contributed by atoms with Crippen molar-refractivity contribution in [3.8, 4) is 0 Å². The second kappa shape index (κ2) is 7.42. The SMILES string of the molecule is CC(NCCCN1CCCC1)c1ccc2c(c1)CCCC2. The molecule has 116 valence electrons. The van der Waals surface area contributed by atoms with Gasteiger partial charge in [0.15, 0.2) is 0 Å². The predicted molar refractivity (Wildman–Crippen MR) is 89.8 cm³/mol. The monoisotopic (exact) mass is 286 g/mol. The molecule has 0 spiro atoms. The van der Waals surface area contributed by atoms with Gasteiger partial charge in [0, 0.05) is 6.04 Å². The zero-order valence-electron chi connectivity index (χ0n) is 13.5. The van der Waals surface area contributed by atoms with Crippen molar-refractivity contribution < 1.29 is 0 Å². The minimum Gasteiger partial charge on any atom is -0.310 e. The van der Waals surface area contributed by atoms with E-state index in [0.717, 1.165) is 6.54 Å². The van der Waals surface area contributed by atoms with E-state index in [2.05, 4.69) is 35.3 Å². The number of hydrogen-bond donors (Lipinski definition) is 1. The zero-order valence-corrected chi connectivity index (χ0v) is 13.5. The topological polar surface area (TPSA) is 15.3 Å². The summed E-state index contributed by atoms with van der Waals surface area (Å²) in [6, 6.07) is 7.64. The molecule has 1 N–H and O–H groups in total. The molecular formula is C19H30N2. The Morgan fingerprint density at radius 1 is 1.05 bits per heavy atom. The van der Waals surface area contributed by atoms with Gasteiger partial charge in [0.05, 0.1) is 0 Å². The van der Waals surface area contributed by atoms with Gasteiger partial charge < -0.3 is 10.2 Å². The predicted octanol–water partition coefficient (Wildman–Crippen LogP) is 3.70. The molecule has 2 aliphatic rings. The highest BCUT2D eigenvalue weighted by molar-refractivity contribution is 5.35. The number of nitrogens with zero attached hydrogens (tertiary/aromatic N) is 1. The summed E-state index contributed by atoms with van der Waals surface area (Å²) in [6.07, 6.45) is 9.38. The van der Waals surface area contributed by atoms with E-state index in [-0.39, 0.29) is 0 Å². The maximum absolute atomic E-state index is 3.70. The first kappa shape index (κ1) is 15.1. The van der Waals surface area contributed by atoms with Gasteiger partial charge in [-0.25, -0.2) is 0 Å². The molecule has 1 heterocycles. The Kier molecular flexibility index (Phi) is 5.32. The third kappa shape index (κ3) is 4.08. The van der Waals surface area contributed by atoms with Crippen molar-refractivity contribution in [1.82, 2.24) is 10.2 Å². The Morgan fingerprint density at radius 2 is 1.81 bits per heavy atom. The summed E-state index contributed by atoms with van der Waals surface area (Å²) >= 11 is 0. The lowest BCUT2D eigenvalue weighted by molar-refractivity contribution is 0.328.